The Morgan fingerprint density at radius 2 is 1.25 bits per heavy atom. The molecule has 200 valence electrons. The molecule has 0 saturated heterocycles. The molecule has 0 radical (unpaired) electrons. The Morgan fingerprint density at radius 1 is 0.750 bits per heavy atom. The number of hydrogen-bond acceptors (Lipinski definition) is 1. The minimum Gasteiger partial charge on any atom is -0.432 e. The molecular formula is C30H39F5O. The zero-order valence-corrected chi connectivity index (χ0v) is 21.2. The van der Waals surface area contributed by atoms with Gasteiger partial charge in [0, 0.05) is 6.07 Å². The zero-order valence-electron chi connectivity index (χ0n) is 21.2. The topological polar surface area (TPSA) is 9.23 Å². The van der Waals surface area contributed by atoms with Crippen LogP contribution in [0.5, 0.6) is 5.75 Å². The molecule has 2 aromatic carbocycles. The number of hydrogen-bond donors (Lipinski definition) is 0. The van der Waals surface area contributed by atoms with Crippen LogP contribution in [0.1, 0.15) is 101 Å². The summed E-state index contributed by atoms with van der Waals surface area (Å²) in [5.41, 5.74) is 3.09. The van der Waals surface area contributed by atoms with Crippen LogP contribution in [0.3, 0.4) is 0 Å². The summed E-state index contributed by atoms with van der Waals surface area (Å²) >= 11 is 0. The summed E-state index contributed by atoms with van der Waals surface area (Å²) in [6, 6.07) is 11.7. The van der Waals surface area contributed by atoms with Crippen molar-refractivity contribution in [1.29, 1.82) is 0 Å². The van der Waals surface area contributed by atoms with Crippen molar-refractivity contribution in [3.63, 3.8) is 0 Å². The molecule has 4 rings (SSSR count). The minimum atomic E-state index is -3.11. The van der Waals surface area contributed by atoms with E-state index in [2.05, 4.69) is 35.9 Å². The lowest BCUT2D eigenvalue weighted by molar-refractivity contribution is -0.0522. The molecule has 2 fully saturated rings. The van der Waals surface area contributed by atoms with Crippen molar-refractivity contribution in [2.75, 3.05) is 6.67 Å². The van der Waals surface area contributed by atoms with Crippen molar-refractivity contribution in [1.82, 2.24) is 0 Å². The molecule has 36 heavy (non-hydrogen) atoms. The molecule has 0 atom stereocenters. The Bertz CT molecular complexity index is 840. The lowest BCUT2D eigenvalue weighted by Gasteiger charge is -2.30. The van der Waals surface area contributed by atoms with Crippen molar-refractivity contribution in [2.45, 2.75) is 96.0 Å². The third-order valence-corrected chi connectivity index (χ3v) is 7.90. The van der Waals surface area contributed by atoms with Gasteiger partial charge in [-0.1, -0.05) is 44.0 Å². The van der Waals surface area contributed by atoms with Crippen molar-refractivity contribution >= 4 is 0 Å². The van der Waals surface area contributed by atoms with E-state index in [1.165, 1.54) is 69.8 Å². The molecule has 0 bridgehead atoms. The molecule has 0 spiro atoms. The van der Waals surface area contributed by atoms with Crippen molar-refractivity contribution < 1.29 is 26.7 Å². The van der Waals surface area contributed by atoms with Gasteiger partial charge in [-0.3, -0.25) is 4.39 Å². The molecule has 6 heteroatoms. The first-order chi connectivity index (χ1) is 17.4. The van der Waals surface area contributed by atoms with Gasteiger partial charge in [0.2, 0.25) is 0 Å². The van der Waals surface area contributed by atoms with Crippen molar-refractivity contribution in [2.24, 2.45) is 11.8 Å². The second-order valence-corrected chi connectivity index (χ2v) is 10.3. The minimum absolute atomic E-state index is 0.134. The highest BCUT2D eigenvalue weighted by Crippen LogP contribution is 2.40. The van der Waals surface area contributed by atoms with Gasteiger partial charge in [0.25, 0.3) is 0 Å². The highest BCUT2D eigenvalue weighted by atomic mass is 19.3. The van der Waals surface area contributed by atoms with Crippen LogP contribution in [0.2, 0.25) is 0 Å². The Hall–Kier alpha value is -2.11. The van der Waals surface area contributed by atoms with Gasteiger partial charge in [-0.15, -0.1) is 0 Å². The number of halogens is 5. The third kappa shape index (κ3) is 8.77. The van der Waals surface area contributed by atoms with Gasteiger partial charge in [-0.05, 0) is 105 Å². The van der Waals surface area contributed by atoms with Crippen LogP contribution in [0, 0.1) is 23.5 Å². The van der Waals surface area contributed by atoms with E-state index in [1.807, 2.05) is 0 Å². The monoisotopic (exact) mass is 510 g/mol. The van der Waals surface area contributed by atoms with Gasteiger partial charge in [0.05, 0.1) is 6.67 Å². The van der Waals surface area contributed by atoms with Crippen LogP contribution < -0.4 is 4.74 Å². The SMILES string of the molecule is CCCC1CCC(c2ccc(C3CCC(CCF)CC3)cc2)CC1.Fc1ccc(OC(F)F)c(F)c1. The Balaban J connectivity index is 0.000000253. The summed E-state index contributed by atoms with van der Waals surface area (Å²) < 4.78 is 64.0. The smallest absolute Gasteiger partial charge is 0.387 e. The molecule has 0 amide bonds. The normalized spacial score (nSPS) is 24.2. The molecule has 0 unspecified atom stereocenters. The molecule has 0 aromatic heterocycles. The van der Waals surface area contributed by atoms with Gasteiger partial charge in [-0.2, -0.15) is 8.78 Å². The van der Waals surface area contributed by atoms with Crippen LogP contribution >= 0.6 is 0 Å². The standard InChI is InChI=1S/C23H35F.C7H4F4O/c1-2-3-18-4-8-20(9-5-18)22-12-14-23(15-13-22)21-10-6-19(7-11-21)16-17-24;8-4-1-2-6(5(9)3-4)12-7(10)11/h12-15,18-21H,2-11,16-17H2,1H3;1-3,7H. The summed E-state index contributed by atoms with van der Waals surface area (Å²) in [7, 11) is 0. The molecule has 2 aromatic rings. The van der Waals surface area contributed by atoms with Crippen molar-refractivity contribution in [3.05, 3.63) is 65.2 Å². The summed E-state index contributed by atoms with van der Waals surface area (Å²) in [4.78, 5) is 0. The van der Waals surface area contributed by atoms with Crippen LogP contribution in [0.15, 0.2) is 42.5 Å². The van der Waals surface area contributed by atoms with E-state index in [4.69, 9.17) is 0 Å². The van der Waals surface area contributed by atoms with Crippen LogP contribution in [0.4, 0.5) is 22.0 Å². The van der Waals surface area contributed by atoms with E-state index < -0.39 is 24.0 Å². The average molecular weight is 511 g/mol. The molecular weight excluding hydrogens is 471 g/mol. The van der Waals surface area contributed by atoms with Gasteiger partial charge in [0.15, 0.2) is 11.6 Å². The van der Waals surface area contributed by atoms with Crippen LogP contribution in [-0.4, -0.2) is 13.3 Å². The summed E-state index contributed by atoms with van der Waals surface area (Å²) in [5, 5.41) is 0. The quantitative estimate of drug-likeness (QED) is 0.321. The molecule has 2 aliphatic carbocycles. The average Bonchev–Trinajstić information content (AvgIpc) is 2.88. The maximum atomic E-state index is 12.5. The molecule has 0 N–H and O–H groups in total. The van der Waals surface area contributed by atoms with Gasteiger partial charge in [0.1, 0.15) is 5.82 Å². The largest absolute Gasteiger partial charge is 0.432 e. The second kappa shape index (κ2) is 14.6. The van der Waals surface area contributed by atoms with Gasteiger partial charge in [-0.25, -0.2) is 8.78 Å². The molecule has 0 aliphatic heterocycles. The number of rotatable bonds is 8. The number of benzene rings is 2. The molecule has 0 heterocycles. The highest BCUT2D eigenvalue weighted by Gasteiger charge is 2.24. The molecule has 2 aliphatic rings. The van der Waals surface area contributed by atoms with E-state index in [1.54, 1.807) is 5.56 Å². The Labute approximate surface area is 212 Å². The van der Waals surface area contributed by atoms with E-state index in [0.717, 1.165) is 36.3 Å². The molecule has 1 nitrogen and oxygen atoms in total. The number of ether oxygens (including phenoxy) is 1. The molecule has 2 saturated carbocycles. The second-order valence-electron chi connectivity index (χ2n) is 10.3. The predicted octanol–water partition coefficient (Wildman–Crippen LogP) is 9.96. The lowest BCUT2D eigenvalue weighted by Crippen LogP contribution is -2.15. The summed E-state index contributed by atoms with van der Waals surface area (Å²) in [6.45, 7) is -0.926. The maximum Gasteiger partial charge on any atom is 0.387 e. The fourth-order valence-corrected chi connectivity index (χ4v) is 5.84. The third-order valence-electron chi connectivity index (χ3n) is 7.90. The Morgan fingerprint density at radius 3 is 1.67 bits per heavy atom. The first kappa shape index (κ1) is 28.5. The summed E-state index contributed by atoms with van der Waals surface area (Å²) in [5.74, 6) is 0.507. The van der Waals surface area contributed by atoms with E-state index in [9.17, 15) is 22.0 Å². The van der Waals surface area contributed by atoms with Crippen LogP contribution in [0.25, 0.3) is 0 Å². The first-order valence-corrected chi connectivity index (χ1v) is 13.4. The van der Waals surface area contributed by atoms with E-state index >= 15 is 0 Å². The lowest BCUT2D eigenvalue weighted by atomic mass is 9.75. The zero-order chi connectivity index (χ0) is 25.9. The van der Waals surface area contributed by atoms with Crippen molar-refractivity contribution in [3.8, 4) is 5.75 Å². The number of alkyl halides is 3. The first-order valence-electron chi connectivity index (χ1n) is 13.4. The van der Waals surface area contributed by atoms with Gasteiger partial charge >= 0.3 is 6.61 Å². The van der Waals surface area contributed by atoms with E-state index in [-0.39, 0.29) is 6.67 Å². The van der Waals surface area contributed by atoms with Crippen LogP contribution in [-0.2, 0) is 0 Å². The highest BCUT2D eigenvalue weighted by molar-refractivity contribution is 5.28. The fourth-order valence-electron chi connectivity index (χ4n) is 5.84. The maximum absolute atomic E-state index is 12.5. The van der Waals surface area contributed by atoms with E-state index in [0.29, 0.717) is 12.0 Å². The van der Waals surface area contributed by atoms with Gasteiger partial charge < -0.3 is 4.74 Å². The predicted molar refractivity (Wildman–Crippen MR) is 134 cm³/mol. The fraction of sp³-hybridized carbons (Fsp3) is 0.600. The summed E-state index contributed by atoms with van der Waals surface area (Å²) in [6.07, 6.45) is 14.1. The Kier molecular flexibility index (Phi) is 11.5.